The van der Waals surface area contributed by atoms with Crippen molar-refractivity contribution >= 4 is 29.3 Å². The van der Waals surface area contributed by atoms with E-state index in [1.165, 1.54) is 24.9 Å². The summed E-state index contributed by atoms with van der Waals surface area (Å²) in [6.07, 6.45) is 9.11. The molecule has 0 amide bonds. The van der Waals surface area contributed by atoms with Crippen LogP contribution < -0.4 is 9.64 Å². The van der Waals surface area contributed by atoms with Crippen molar-refractivity contribution in [2.45, 2.75) is 30.0 Å². The Morgan fingerprint density at radius 3 is 2.59 bits per heavy atom. The molecule has 3 aromatic rings. The third-order valence-electron chi connectivity index (χ3n) is 5.62. The predicted molar refractivity (Wildman–Crippen MR) is 133 cm³/mol. The van der Waals surface area contributed by atoms with Crippen LogP contribution in [0.15, 0.2) is 78.0 Å². The van der Waals surface area contributed by atoms with Crippen molar-refractivity contribution in [2.24, 2.45) is 0 Å². The lowest BCUT2D eigenvalue weighted by Crippen LogP contribution is -2.29. The van der Waals surface area contributed by atoms with Gasteiger partial charge in [-0.25, -0.2) is 4.98 Å². The highest BCUT2D eigenvalue weighted by atomic mass is 32.2. The van der Waals surface area contributed by atoms with Crippen LogP contribution in [0.3, 0.4) is 0 Å². The first-order chi connectivity index (χ1) is 15.7. The van der Waals surface area contributed by atoms with E-state index < -0.39 is 0 Å². The lowest BCUT2D eigenvalue weighted by Gasteiger charge is -2.28. The Bertz CT molecular complexity index is 1060. The van der Waals surface area contributed by atoms with Gasteiger partial charge in [0.05, 0.1) is 12.1 Å². The van der Waals surface area contributed by atoms with E-state index in [4.69, 9.17) is 4.74 Å². The van der Waals surface area contributed by atoms with Gasteiger partial charge in [-0.2, -0.15) is 0 Å². The van der Waals surface area contributed by atoms with Crippen molar-refractivity contribution in [1.82, 2.24) is 4.98 Å². The van der Waals surface area contributed by atoms with Crippen molar-refractivity contribution in [1.29, 1.82) is 0 Å². The number of pyridine rings is 1. The predicted octanol–water partition coefficient (Wildman–Crippen LogP) is 6.27. The molecule has 2 aromatic carbocycles. The Morgan fingerprint density at radius 1 is 1.06 bits per heavy atom. The SMILES string of the molecule is COc1ccc(C=CC(=O)c2ccc(N3CCCCC3)cc2)cc1CSc1ccccn1. The van der Waals surface area contributed by atoms with E-state index in [0.29, 0.717) is 5.56 Å². The van der Waals surface area contributed by atoms with Gasteiger partial charge in [0.15, 0.2) is 5.78 Å². The molecular weight excluding hydrogens is 416 g/mol. The van der Waals surface area contributed by atoms with Gasteiger partial charge in [-0.1, -0.05) is 18.2 Å². The van der Waals surface area contributed by atoms with E-state index in [0.717, 1.165) is 40.7 Å². The van der Waals surface area contributed by atoms with Crippen molar-refractivity contribution in [3.05, 3.63) is 89.6 Å². The summed E-state index contributed by atoms with van der Waals surface area (Å²) in [5.41, 5.74) is 3.96. The van der Waals surface area contributed by atoms with Gasteiger partial charge in [0.2, 0.25) is 0 Å². The number of anilines is 1. The molecule has 1 aliphatic heterocycles. The number of ketones is 1. The average Bonchev–Trinajstić information content (AvgIpc) is 2.87. The second-order valence-corrected chi connectivity index (χ2v) is 8.82. The maximum absolute atomic E-state index is 12.7. The molecule has 32 heavy (non-hydrogen) atoms. The Kier molecular flexibility index (Phi) is 7.62. The van der Waals surface area contributed by atoms with Gasteiger partial charge >= 0.3 is 0 Å². The summed E-state index contributed by atoms with van der Waals surface area (Å²) in [5.74, 6) is 1.59. The lowest BCUT2D eigenvalue weighted by atomic mass is 10.1. The van der Waals surface area contributed by atoms with Crippen LogP contribution in [0.4, 0.5) is 5.69 Å². The monoisotopic (exact) mass is 444 g/mol. The minimum Gasteiger partial charge on any atom is -0.496 e. The van der Waals surface area contributed by atoms with Gasteiger partial charge in [-0.15, -0.1) is 11.8 Å². The third kappa shape index (κ3) is 5.80. The molecule has 0 saturated carbocycles. The van der Waals surface area contributed by atoms with Crippen molar-refractivity contribution in [3.8, 4) is 5.75 Å². The van der Waals surface area contributed by atoms with E-state index in [1.54, 1.807) is 31.1 Å². The summed E-state index contributed by atoms with van der Waals surface area (Å²) in [6, 6.07) is 19.9. The maximum Gasteiger partial charge on any atom is 0.185 e. The van der Waals surface area contributed by atoms with Crippen LogP contribution in [-0.2, 0) is 5.75 Å². The third-order valence-corrected chi connectivity index (χ3v) is 6.61. The number of thioether (sulfide) groups is 1. The van der Waals surface area contributed by atoms with Crippen LogP contribution in [0.2, 0.25) is 0 Å². The van der Waals surface area contributed by atoms with Crippen LogP contribution in [-0.4, -0.2) is 31.0 Å². The number of carbonyl (C=O) groups excluding carboxylic acids is 1. The van der Waals surface area contributed by atoms with E-state index in [2.05, 4.69) is 28.1 Å². The molecule has 0 unspecified atom stereocenters. The number of carbonyl (C=O) groups is 1. The molecular formula is C27H28N2O2S. The molecule has 1 aliphatic rings. The number of nitrogens with zero attached hydrogens (tertiary/aromatic N) is 2. The number of piperidine rings is 1. The van der Waals surface area contributed by atoms with Gasteiger partial charge in [0.25, 0.3) is 0 Å². The Hall–Kier alpha value is -3.05. The first-order valence-electron chi connectivity index (χ1n) is 11.0. The second-order valence-electron chi connectivity index (χ2n) is 7.82. The maximum atomic E-state index is 12.7. The number of hydrogen-bond acceptors (Lipinski definition) is 5. The topological polar surface area (TPSA) is 42.4 Å². The van der Waals surface area contributed by atoms with Crippen LogP contribution in [0.1, 0.15) is 40.7 Å². The Balaban J connectivity index is 1.42. The number of aromatic nitrogens is 1. The molecule has 0 radical (unpaired) electrons. The molecule has 0 bridgehead atoms. The van der Waals surface area contributed by atoms with E-state index in [1.807, 2.05) is 48.5 Å². The number of methoxy groups -OCH3 is 1. The fourth-order valence-corrected chi connectivity index (χ4v) is 4.70. The van der Waals surface area contributed by atoms with Gasteiger partial charge in [-0.05, 0) is 79.4 Å². The molecule has 2 heterocycles. The molecule has 4 nitrogen and oxygen atoms in total. The zero-order chi connectivity index (χ0) is 22.2. The Labute approximate surface area is 194 Å². The largest absolute Gasteiger partial charge is 0.496 e. The summed E-state index contributed by atoms with van der Waals surface area (Å²) in [5, 5.41) is 0.971. The normalized spacial score (nSPS) is 14.0. The lowest BCUT2D eigenvalue weighted by molar-refractivity contribution is 0.104. The van der Waals surface area contributed by atoms with Gasteiger partial charge in [-0.3, -0.25) is 4.79 Å². The smallest absolute Gasteiger partial charge is 0.185 e. The van der Waals surface area contributed by atoms with Crippen molar-refractivity contribution < 1.29 is 9.53 Å². The summed E-state index contributed by atoms with van der Waals surface area (Å²) < 4.78 is 5.52. The fraction of sp³-hybridized carbons (Fsp3) is 0.259. The molecule has 0 spiro atoms. The van der Waals surface area contributed by atoms with Gasteiger partial charge in [0, 0.05) is 41.9 Å². The average molecular weight is 445 g/mol. The molecule has 1 aromatic heterocycles. The number of hydrogen-bond donors (Lipinski definition) is 0. The first-order valence-corrected chi connectivity index (χ1v) is 12.0. The fourth-order valence-electron chi connectivity index (χ4n) is 3.86. The number of allylic oxidation sites excluding steroid dienone is 1. The number of benzene rings is 2. The molecule has 0 atom stereocenters. The van der Waals surface area contributed by atoms with Crippen molar-refractivity contribution in [3.63, 3.8) is 0 Å². The molecule has 1 saturated heterocycles. The second kappa shape index (κ2) is 11.0. The zero-order valence-corrected chi connectivity index (χ0v) is 19.2. The summed E-state index contributed by atoms with van der Waals surface area (Å²) in [7, 11) is 1.68. The van der Waals surface area contributed by atoms with Crippen LogP contribution in [0.5, 0.6) is 5.75 Å². The van der Waals surface area contributed by atoms with Crippen LogP contribution >= 0.6 is 11.8 Å². The zero-order valence-electron chi connectivity index (χ0n) is 18.4. The molecule has 4 rings (SSSR count). The molecule has 0 aliphatic carbocycles. The quantitative estimate of drug-likeness (QED) is 0.233. The van der Waals surface area contributed by atoms with E-state index in [-0.39, 0.29) is 5.78 Å². The minimum absolute atomic E-state index is 0.00965. The van der Waals surface area contributed by atoms with Crippen LogP contribution in [0, 0.1) is 0 Å². The summed E-state index contributed by atoms with van der Waals surface area (Å²) in [4.78, 5) is 19.4. The highest BCUT2D eigenvalue weighted by Crippen LogP contribution is 2.28. The van der Waals surface area contributed by atoms with Gasteiger partial charge in [0.1, 0.15) is 5.75 Å². The number of rotatable bonds is 8. The van der Waals surface area contributed by atoms with E-state index >= 15 is 0 Å². The molecule has 164 valence electrons. The summed E-state index contributed by atoms with van der Waals surface area (Å²) in [6.45, 7) is 2.21. The Morgan fingerprint density at radius 2 is 1.88 bits per heavy atom. The van der Waals surface area contributed by atoms with Crippen molar-refractivity contribution in [2.75, 3.05) is 25.1 Å². The highest BCUT2D eigenvalue weighted by molar-refractivity contribution is 7.98. The number of ether oxygens (including phenoxy) is 1. The van der Waals surface area contributed by atoms with E-state index in [9.17, 15) is 4.79 Å². The molecule has 5 heteroatoms. The first kappa shape index (κ1) is 22.2. The highest BCUT2D eigenvalue weighted by Gasteiger charge is 2.11. The minimum atomic E-state index is 0.00965. The summed E-state index contributed by atoms with van der Waals surface area (Å²) >= 11 is 1.66. The standard InChI is InChI=1S/C27H28N2O2S/c1-31-26-15-9-21(19-23(26)20-32-27-7-3-4-16-28-27)8-14-25(30)22-10-12-24(13-11-22)29-17-5-2-6-18-29/h3-4,7-16,19H,2,5-6,17-18,20H2,1H3. The van der Waals surface area contributed by atoms with Gasteiger partial charge < -0.3 is 9.64 Å². The molecule has 0 N–H and O–H groups in total. The van der Waals surface area contributed by atoms with Crippen LogP contribution in [0.25, 0.3) is 6.08 Å². The molecule has 1 fully saturated rings.